The fraction of sp³-hybridized carbons (Fsp3) is 0.188. The summed E-state index contributed by atoms with van der Waals surface area (Å²) in [6.45, 7) is 1.90. The molecule has 0 aliphatic heterocycles. The molecule has 0 saturated heterocycles. The molecule has 2 aromatic rings. The molecule has 0 amide bonds. The van der Waals surface area contributed by atoms with Gasteiger partial charge in [0.1, 0.15) is 5.75 Å². The number of rotatable bonds is 5. The summed E-state index contributed by atoms with van der Waals surface area (Å²) in [5.41, 5.74) is 1.76. The predicted octanol–water partition coefficient (Wildman–Crippen LogP) is 2.66. The van der Waals surface area contributed by atoms with Crippen molar-refractivity contribution >= 4 is 16.2 Å². The standard InChI is InChI=1S/C16H18N2O3S/c1-13-7-9-16(10-8-13)22(19,20)18(2)17-12-14-5-4-6-15(11-14)21-3/h4-12H,1-3H3. The van der Waals surface area contributed by atoms with Crippen LogP contribution in [0.3, 0.4) is 0 Å². The molecule has 0 aliphatic carbocycles. The number of aryl methyl sites for hydroxylation is 1. The van der Waals surface area contributed by atoms with Gasteiger partial charge in [-0.2, -0.15) is 17.9 Å². The molecule has 22 heavy (non-hydrogen) atoms. The summed E-state index contributed by atoms with van der Waals surface area (Å²) < 4.78 is 30.8. The number of methoxy groups -OCH3 is 1. The fourth-order valence-electron chi connectivity index (χ4n) is 1.79. The highest BCUT2D eigenvalue weighted by molar-refractivity contribution is 7.89. The lowest BCUT2D eigenvalue weighted by Gasteiger charge is -2.13. The normalized spacial score (nSPS) is 11.6. The molecule has 0 fully saturated rings. The lowest BCUT2D eigenvalue weighted by atomic mass is 10.2. The topological polar surface area (TPSA) is 59.0 Å². The van der Waals surface area contributed by atoms with Crippen molar-refractivity contribution in [3.8, 4) is 5.75 Å². The first-order chi connectivity index (χ1) is 10.4. The molecule has 0 radical (unpaired) electrons. The highest BCUT2D eigenvalue weighted by atomic mass is 32.2. The van der Waals surface area contributed by atoms with Gasteiger partial charge < -0.3 is 4.74 Å². The number of hydrogen-bond donors (Lipinski definition) is 0. The summed E-state index contributed by atoms with van der Waals surface area (Å²) in [5.74, 6) is 0.688. The van der Waals surface area contributed by atoms with Crippen molar-refractivity contribution in [3.05, 3.63) is 59.7 Å². The molecule has 0 saturated carbocycles. The van der Waals surface area contributed by atoms with Gasteiger partial charge in [0.25, 0.3) is 10.0 Å². The number of sulfonamides is 1. The third-order valence-electron chi connectivity index (χ3n) is 3.13. The van der Waals surface area contributed by atoms with Gasteiger partial charge in [-0.1, -0.05) is 29.8 Å². The Labute approximate surface area is 130 Å². The van der Waals surface area contributed by atoms with Crippen molar-refractivity contribution in [2.75, 3.05) is 14.2 Å². The molecule has 0 N–H and O–H groups in total. The molecule has 0 bridgehead atoms. The summed E-state index contributed by atoms with van der Waals surface area (Å²) in [5, 5.41) is 4.01. The Hall–Kier alpha value is -2.34. The van der Waals surface area contributed by atoms with E-state index in [4.69, 9.17) is 4.74 Å². The minimum Gasteiger partial charge on any atom is -0.497 e. The van der Waals surface area contributed by atoms with E-state index in [-0.39, 0.29) is 4.90 Å². The molecular weight excluding hydrogens is 300 g/mol. The molecule has 0 unspecified atom stereocenters. The van der Waals surface area contributed by atoms with Gasteiger partial charge in [0.05, 0.1) is 18.2 Å². The molecule has 5 nitrogen and oxygen atoms in total. The maximum Gasteiger partial charge on any atom is 0.278 e. The summed E-state index contributed by atoms with van der Waals surface area (Å²) in [4.78, 5) is 0.211. The molecule has 0 aromatic heterocycles. The van der Waals surface area contributed by atoms with Crippen molar-refractivity contribution in [2.24, 2.45) is 5.10 Å². The zero-order chi connectivity index (χ0) is 16.2. The highest BCUT2D eigenvalue weighted by Crippen LogP contribution is 2.16. The average Bonchev–Trinajstić information content (AvgIpc) is 2.53. The van der Waals surface area contributed by atoms with E-state index in [0.717, 1.165) is 15.5 Å². The average molecular weight is 318 g/mol. The first kappa shape index (κ1) is 16.0. The van der Waals surface area contributed by atoms with Gasteiger partial charge in [-0.25, -0.2) is 0 Å². The van der Waals surface area contributed by atoms with Crippen LogP contribution < -0.4 is 4.74 Å². The van der Waals surface area contributed by atoms with E-state index in [1.54, 1.807) is 37.4 Å². The number of hydrogen-bond acceptors (Lipinski definition) is 4. The van der Waals surface area contributed by atoms with Crippen LogP contribution in [0.1, 0.15) is 11.1 Å². The maximum absolute atomic E-state index is 12.4. The summed E-state index contributed by atoms with van der Waals surface area (Å²) >= 11 is 0. The Bertz CT molecular complexity index is 768. The second-order valence-electron chi connectivity index (χ2n) is 4.77. The van der Waals surface area contributed by atoms with Gasteiger partial charge in [0, 0.05) is 7.05 Å². The van der Waals surface area contributed by atoms with Crippen LogP contribution in [0.4, 0.5) is 0 Å². The third kappa shape index (κ3) is 3.65. The zero-order valence-corrected chi connectivity index (χ0v) is 13.5. The largest absolute Gasteiger partial charge is 0.497 e. The van der Waals surface area contributed by atoms with Crippen LogP contribution in [-0.4, -0.2) is 33.2 Å². The quantitative estimate of drug-likeness (QED) is 0.629. The first-order valence-corrected chi connectivity index (χ1v) is 8.11. The van der Waals surface area contributed by atoms with E-state index in [1.165, 1.54) is 13.3 Å². The third-order valence-corrected chi connectivity index (χ3v) is 4.79. The van der Waals surface area contributed by atoms with E-state index in [1.807, 2.05) is 25.1 Å². The van der Waals surface area contributed by atoms with Crippen LogP contribution in [0, 0.1) is 6.92 Å². The second-order valence-corrected chi connectivity index (χ2v) is 6.72. The summed E-state index contributed by atoms with van der Waals surface area (Å²) in [6, 6.07) is 13.9. The van der Waals surface area contributed by atoms with Crippen molar-refractivity contribution in [1.82, 2.24) is 4.41 Å². The van der Waals surface area contributed by atoms with Gasteiger partial charge in [-0.15, -0.1) is 0 Å². The van der Waals surface area contributed by atoms with Crippen LogP contribution in [0.2, 0.25) is 0 Å². The Morgan fingerprint density at radius 1 is 1.14 bits per heavy atom. The molecule has 0 aliphatic rings. The molecule has 0 atom stereocenters. The minimum absolute atomic E-state index is 0.211. The fourth-order valence-corrected chi connectivity index (χ4v) is 2.75. The first-order valence-electron chi connectivity index (χ1n) is 6.67. The molecule has 2 rings (SSSR count). The van der Waals surface area contributed by atoms with Crippen LogP contribution in [-0.2, 0) is 10.0 Å². The van der Waals surface area contributed by atoms with Crippen molar-refractivity contribution in [1.29, 1.82) is 0 Å². The van der Waals surface area contributed by atoms with Crippen LogP contribution >= 0.6 is 0 Å². The smallest absolute Gasteiger partial charge is 0.278 e. The Balaban J connectivity index is 2.21. The molecule has 0 heterocycles. The lowest BCUT2D eigenvalue weighted by molar-refractivity contribution is 0.414. The Morgan fingerprint density at radius 2 is 1.82 bits per heavy atom. The van der Waals surface area contributed by atoms with Crippen LogP contribution in [0.25, 0.3) is 0 Å². The van der Waals surface area contributed by atoms with Crippen molar-refractivity contribution in [3.63, 3.8) is 0 Å². The van der Waals surface area contributed by atoms with E-state index in [0.29, 0.717) is 5.75 Å². The highest BCUT2D eigenvalue weighted by Gasteiger charge is 2.18. The Kier molecular flexibility index (Phi) is 4.82. The second kappa shape index (κ2) is 6.62. The SMILES string of the molecule is COc1cccc(C=NN(C)S(=O)(=O)c2ccc(C)cc2)c1. The molecule has 6 heteroatoms. The van der Waals surface area contributed by atoms with Crippen LogP contribution in [0.5, 0.6) is 5.75 Å². The number of ether oxygens (including phenoxy) is 1. The van der Waals surface area contributed by atoms with E-state index in [2.05, 4.69) is 5.10 Å². The number of hydrazone groups is 1. The van der Waals surface area contributed by atoms with E-state index in [9.17, 15) is 8.42 Å². The monoisotopic (exact) mass is 318 g/mol. The van der Waals surface area contributed by atoms with Gasteiger partial charge in [0.2, 0.25) is 0 Å². The zero-order valence-electron chi connectivity index (χ0n) is 12.7. The van der Waals surface area contributed by atoms with Gasteiger partial charge >= 0.3 is 0 Å². The predicted molar refractivity (Wildman–Crippen MR) is 86.7 cm³/mol. The van der Waals surface area contributed by atoms with Crippen molar-refractivity contribution in [2.45, 2.75) is 11.8 Å². The number of nitrogens with zero attached hydrogens (tertiary/aromatic N) is 2. The van der Waals surface area contributed by atoms with Crippen molar-refractivity contribution < 1.29 is 13.2 Å². The van der Waals surface area contributed by atoms with Gasteiger partial charge in [-0.05, 0) is 36.8 Å². The molecular formula is C16H18N2O3S. The summed E-state index contributed by atoms with van der Waals surface area (Å²) in [6.07, 6.45) is 1.48. The van der Waals surface area contributed by atoms with Crippen LogP contribution in [0.15, 0.2) is 58.5 Å². The van der Waals surface area contributed by atoms with Gasteiger partial charge in [-0.3, -0.25) is 0 Å². The summed E-state index contributed by atoms with van der Waals surface area (Å²) in [7, 11) is -0.655. The maximum atomic E-state index is 12.4. The number of benzene rings is 2. The van der Waals surface area contributed by atoms with Gasteiger partial charge in [0.15, 0.2) is 0 Å². The lowest BCUT2D eigenvalue weighted by Crippen LogP contribution is -2.21. The Morgan fingerprint density at radius 3 is 2.45 bits per heavy atom. The molecule has 2 aromatic carbocycles. The molecule has 0 spiro atoms. The minimum atomic E-state index is -3.64. The van der Waals surface area contributed by atoms with E-state index >= 15 is 0 Å². The molecule has 116 valence electrons. The van der Waals surface area contributed by atoms with E-state index < -0.39 is 10.0 Å².